The summed E-state index contributed by atoms with van der Waals surface area (Å²) in [5.41, 5.74) is 0.878. The number of hydrogen-bond donors (Lipinski definition) is 2. The van der Waals surface area contributed by atoms with Gasteiger partial charge in [-0.2, -0.15) is 0 Å². The molecule has 4 nitrogen and oxygen atoms in total. The van der Waals surface area contributed by atoms with E-state index in [9.17, 15) is 9.90 Å². The highest BCUT2D eigenvalue weighted by atomic mass is 16.3. The number of rotatable bonds is 6. The van der Waals surface area contributed by atoms with Crippen LogP contribution in [0, 0.1) is 0 Å². The number of aliphatic hydroxyl groups is 1. The summed E-state index contributed by atoms with van der Waals surface area (Å²) in [5.74, 6) is 0.0553. The molecule has 1 aliphatic heterocycles. The zero-order valence-corrected chi connectivity index (χ0v) is 14.1. The number of nitrogens with one attached hydrogen (secondary N) is 1. The van der Waals surface area contributed by atoms with Crippen molar-refractivity contribution < 1.29 is 9.90 Å². The minimum Gasteiger partial charge on any atom is -0.396 e. The maximum atomic E-state index is 12.4. The molecule has 1 saturated heterocycles. The molecule has 1 amide bonds. The molecule has 0 saturated carbocycles. The smallest absolute Gasteiger partial charge is 0.225 e. The Morgan fingerprint density at radius 3 is 2.88 bits per heavy atom. The largest absolute Gasteiger partial charge is 0.396 e. The summed E-state index contributed by atoms with van der Waals surface area (Å²) in [6.45, 7) is 2.02. The Balaban J connectivity index is 1.59. The maximum Gasteiger partial charge on any atom is 0.225 e. The number of likely N-dealkylation sites (tertiary alicyclic amines) is 1. The zero-order valence-electron chi connectivity index (χ0n) is 14.1. The lowest BCUT2D eigenvalue weighted by atomic mass is 9.99. The molecule has 3 rings (SSSR count). The first-order chi connectivity index (χ1) is 11.8. The number of nitrogens with zero attached hydrogens (tertiary/aromatic N) is 1. The van der Waals surface area contributed by atoms with Gasteiger partial charge in [-0.25, -0.2) is 0 Å². The second kappa shape index (κ2) is 8.27. The quantitative estimate of drug-likeness (QED) is 0.855. The van der Waals surface area contributed by atoms with Gasteiger partial charge >= 0.3 is 0 Å². The van der Waals surface area contributed by atoms with Crippen LogP contribution in [-0.4, -0.2) is 41.7 Å². The van der Waals surface area contributed by atoms with E-state index in [1.807, 2.05) is 30.3 Å². The van der Waals surface area contributed by atoms with Crippen LogP contribution in [0.4, 0.5) is 5.69 Å². The van der Waals surface area contributed by atoms with Gasteiger partial charge in [-0.1, -0.05) is 42.8 Å². The lowest BCUT2D eigenvalue weighted by molar-refractivity contribution is -0.116. The minimum absolute atomic E-state index is 0.0553. The first-order valence-electron chi connectivity index (χ1n) is 8.90. The van der Waals surface area contributed by atoms with Crippen molar-refractivity contribution >= 4 is 22.4 Å². The van der Waals surface area contributed by atoms with Gasteiger partial charge in [0.2, 0.25) is 5.91 Å². The third kappa shape index (κ3) is 4.13. The highest BCUT2D eigenvalue weighted by molar-refractivity contribution is 6.02. The number of piperidine rings is 1. The van der Waals surface area contributed by atoms with Crippen LogP contribution in [0.2, 0.25) is 0 Å². The van der Waals surface area contributed by atoms with E-state index in [0.717, 1.165) is 42.4 Å². The Morgan fingerprint density at radius 2 is 2.00 bits per heavy atom. The van der Waals surface area contributed by atoms with E-state index >= 15 is 0 Å². The molecule has 4 heteroatoms. The van der Waals surface area contributed by atoms with Crippen LogP contribution in [0.3, 0.4) is 0 Å². The highest BCUT2D eigenvalue weighted by Gasteiger charge is 2.22. The normalized spacial score (nSPS) is 18.6. The molecular formula is C20H26N2O2. The third-order valence-electron chi connectivity index (χ3n) is 4.90. The third-order valence-corrected chi connectivity index (χ3v) is 4.90. The van der Waals surface area contributed by atoms with Crippen molar-refractivity contribution in [3.63, 3.8) is 0 Å². The summed E-state index contributed by atoms with van der Waals surface area (Å²) in [5, 5.41) is 14.5. The number of carbonyl (C=O) groups excluding carboxylic acids is 1. The van der Waals surface area contributed by atoms with Crippen molar-refractivity contribution in [1.82, 2.24) is 4.90 Å². The summed E-state index contributed by atoms with van der Waals surface area (Å²) in [6.07, 6.45) is 4.85. The Labute approximate surface area is 143 Å². The molecule has 1 heterocycles. The van der Waals surface area contributed by atoms with Crippen LogP contribution in [0.5, 0.6) is 0 Å². The van der Waals surface area contributed by atoms with Gasteiger partial charge in [-0.15, -0.1) is 0 Å². The molecule has 2 aromatic rings. The van der Waals surface area contributed by atoms with Crippen LogP contribution in [0.1, 0.15) is 32.1 Å². The van der Waals surface area contributed by atoms with Gasteiger partial charge in [0.15, 0.2) is 0 Å². The number of carbonyl (C=O) groups is 1. The van der Waals surface area contributed by atoms with Crippen LogP contribution >= 0.6 is 0 Å². The van der Waals surface area contributed by atoms with E-state index in [4.69, 9.17) is 0 Å². The van der Waals surface area contributed by atoms with E-state index in [1.165, 1.54) is 12.8 Å². The number of fused-ring (bicyclic) bond motifs is 1. The topological polar surface area (TPSA) is 52.6 Å². The fourth-order valence-corrected chi connectivity index (χ4v) is 3.62. The van der Waals surface area contributed by atoms with Crippen molar-refractivity contribution in [1.29, 1.82) is 0 Å². The molecule has 24 heavy (non-hydrogen) atoms. The summed E-state index contributed by atoms with van der Waals surface area (Å²) in [4.78, 5) is 14.7. The van der Waals surface area contributed by atoms with Crippen LogP contribution < -0.4 is 5.32 Å². The Morgan fingerprint density at radius 1 is 1.17 bits per heavy atom. The lowest BCUT2D eigenvalue weighted by Gasteiger charge is -2.35. The van der Waals surface area contributed by atoms with E-state index in [-0.39, 0.29) is 12.5 Å². The van der Waals surface area contributed by atoms with E-state index < -0.39 is 0 Å². The maximum absolute atomic E-state index is 12.4. The van der Waals surface area contributed by atoms with Gasteiger partial charge in [0.25, 0.3) is 0 Å². The van der Waals surface area contributed by atoms with Crippen molar-refractivity contribution in [3.05, 3.63) is 42.5 Å². The van der Waals surface area contributed by atoms with Gasteiger partial charge < -0.3 is 10.4 Å². The zero-order chi connectivity index (χ0) is 16.8. The van der Waals surface area contributed by atoms with Crippen molar-refractivity contribution in [3.8, 4) is 0 Å². The minimum atomic E-state index is 0.0553. The number of benzene rings is 2. The van der Waals surface area contributed by atoms with Gasteiger partial charge in [0.05, 0.1) is 0 Å². The second-order valence-electron chi connectivity index (χ2n) is 6.52. The standard InChI is InChI=1S/C20H26N2O2/c23-15-12-17-8-3-4-13-22(17)14-11-20(24)21-19-10-5-7-16-6-1-2-9-18(16)19/h1-2,5-7,9-10,17,23H,3-4,8,11-15H2,(H,21,24). The molecule has 2 aromatic carbocycles. The van der Waals surface area contributed by atoms with Gasteiger partial charge in [0.1, 0.15) is 0 Å². The van der Waals surface area contributed by atoms with Crippen LogP contribution in [0.25, 0.3) is 10.8 Å². The Hall–Kier alpha value is -1.91. The summed E-state index contributed by atoms with van der Waals surface area (Å²) in [6, 6.07) is 14.5. The molecule has 128 valence electrons. The van der Waals surface area contributed by atoms with Crippen LogP contribution in [0.15, 0.2) is 42.5 Å². The predicted molar refractivity (Wildman–Crippen MR) is 98.1 cm³/mol. The Bertz CT molecular complexity index is 679. The Kier molecular flexibility index (Phi) is 5.83. The average molecular weight is 326 g/mol. The molecule has 0 radical (unpaired) electrons. The molecule has 1 atom stereocenters. The summed E-state index contributed by atoms with van der Waals surface area (Å²) in [7, 11) is 0. The highest BCUT2D eigenvalue weighted by Crippen LogP contribution is 2.23. The molecule has 0 spiro atoms. The molecule has 0 aromatic heterocycles. The molecule has 0 bridgehead atoms. The number of hydrogen-bond acceptors (Lipinski definition) is 3. The van der Waals surface area contributed by atoms with Crippen molar-refractivity contribution in [2.45, 2.75) is 38.1 Å². The van der Waals surface area contributed by atoms with E-state index in [2.05, 4.69) is 22.3 Å². The molecule has 1 aliphatic rings. The lowest BCUT2D eigenvalue weighted by Crippen LogP contribution is -2.41. The average Bonchev–Trinajstić information content (AvgIpc) is 2.62. The molecule has 0 aliphatic carbocycles. The fraction of sp³-hybridized carbons (Fsp3) is 0.450. The second-order valence-corrected chi connectivity index (χ2v) is 6.52. The summed E-state index contributed by atoms with van der Waals surface area (Å²) >= 11 is 0. The predicted octanol–water partition coefficient (Wildman–Crippen LogP) is 3.41. The number of amides is 1. The fourth-order valence-electron chi connectivity index (χ4n) is 3.62. The molecule has 2 N–H and O–H groups in total. The number of aliphatic hydroxyl groups excluding tert-OH is 1. The van der Waals surface area contributed by atoms with Gasteiger partial charge in [-0.3, -0.25) is 9.69 Å². The first-order valence-corrected chi connectivity index (χ1v) is 8.90. The number of anilines is 1. The molecular weight excluding hydrogens is 300 g/mol. The first kappa shape index (κ1) is 16.9. The van der Waals surface area contributed by atoms with Crippen molar-refractivity contribution in [2.75, 3.05) is 25.0 Å². The van der Waals surface area contributed by atoms with E-state index in [0.29, 0.717) is 12.5 Å². The van der Waals surface area contributed by atoms with Crippen LogP contribution in [-0.2, 0) is 4.79 Å². The van der Waals surface area contributed by atoms with Gasteiger partial charge in [0, 0.05) is 36.7 Å². The van der Waals surface area contributed by atoms with Crippen molar-refractivity contribution in [2.24, 2.45) is 0 Å². The summed E-state index contributed by atoms with van der Waals surface area (Å²) < 4.78 is 0. The van der Waals surface area contributed by atoms with E-state index in [1.54, 1.807) is 0 Å². The molecule has 1 unspecified atom stereocenters. The van der Waals surface area contributed by atoms with Gasteiger partial charge in [-0.05, 0) is 37.3 Å². The monoisotopic (exact) mass is 326 g/mol. The SMILES string of the molecule is O=C(CCN1CCCCC1CCO)Nc1cccc2ccccc12. The molecule has 1 fully saturated rings.